The van der Waals surface area contributed by atoms with Crippen LogP contribution in [0.4, 0.5) is 4.39 Å². The van der Waals surface area contributed by atoms with Crippen molar-refractivity contribution < 1.29 is 14.0 Å². The van der Waals surface area contributed by atoms with Crippen LogP contribution in [0, 0.1) is 12.7 Å². The van der Waals surface area contributed by atoms with Crippen LogP contribution in [0.25, 0.3) is 5.69 Å². The van der Waals surface area contributed by atoms with Gasteiger partial charge in [0.15, 0.2) is 0 Å². The second-order valence-corrected chi connectivity index (χ2v) is 6.64. The molecule has 0 saturated heterocycles. The number of hydrogen-bond acceptors (Lipinski definition) is 4. The Kier molecular flexibility index (Phi) is 6.56. The van der Waals surface area contributed by atoms with Crippen LogP contribution in [0.1, 0.15) is 28.0 Å². The van der Waals surface area contributed by atoms with Crippen LogP contribution in [-0.2, 0) is 11.3 Å². The van der Waals surface area contributed by atoms with Crippen LogP contribution < -0.4 is 10.6 Å². The fraction of sp³-hybridized carbons (Fsp3) is 0.200. The molecule has 0 unspecified atom stereocenters. The van der Waals surface area contributed by atoms with E-state index in [1.165, 1.54) is 28.9 Å². The molecule has 29 heavy (non-hydrogen) atoms. The second-order valence-electron chi connectivity index (χ2n) is 6.28. The van der Waals surface area contributed by atoms with E-state index in [2.05, 4.69) is 20.7 Å². The van der Waals surface area contributed by atoms with Crippen molar-refractivity contribution in [3.63, 3.8) is 0 Å². The van der Waals surface area contributed by atoms with Crippen molar-refractivity contribution in [1.82, 2.24) is 25.4 Å². The molecule has 0 radical (unpaired) electrons. The van der Waals surface area contributed by atoms with Crippen molar-refractivity contribution in [2.24, 2.45) is 0 Å². The lowest BCUT2D eigenvalue weighted by Gasteiger charge is -2.07. The molecule has 0 aliphatic rings. The Hall–Kier alpha value is -3.26. The van der Waals surface area contributed by atoms with Gasteiger partial charge in [0.2, 0.25) is 5.91 Å². The lowest BCUT2D eigenvalue weighted by molar-refractivity contribution is -0.121. The molecule has 2 aromatic heterocycles. The molecule has 3 aromatic rings. The molecule has 1 aromatic carbocycles. The van der Waals surface area contributed by atoms with Crippen molar-refractivity contribution in [3.05, 3.63) is 76.6 Å². The van der Waals surface area contributed by atoms with Gasteiger partial charge < -0.3 is 10.6 Å². The normalized spacial score (nSPS) is 10.6. The number of aryl methyl sites for hydroxylation is 1. The Morgan fingerprint density at radius 3 is 2.48 bits per heavy atom. The summed E-state index contributed by atoms with van der Waals surface area (Å²) >= 11 is 6.32. The average molecular weight is 416 g/mol. The topological polar surface area (TPSA) is 88.9 Å². The SMILES string of the molecule is Cc1nn(-c2ccc(F)cc2)c(Cl)c1C(=O)NCCC(=O)NCc1ccncc1. The zero-order valence-electron chi connectivity index (χ0n) is 15.7. The molecule has 0 aliphatic heterocycles. The largest absolute Gasteiger partial charge is 0.352 e. The van der Waals surface area contributed by atoms with E-state index >= 15 is 0 Å². The van der Waals surface area contributed by atoms with Gasteiger partial charge in [-0.2, -0.15) is 5.10 Å². The summed E-state index contributed by atoms with van der Waals surface area (Å²) in [7, 11) is 0. The summed E-state index contributed by atoms with van der Waals surface area (Å²) in [6, 6.07) is 9.22. The van der Waals surface area contributed by atoms with Crippen LogP contribution in [0.5, 0.6) is 0 Å². The van der Waals surface area contributed by atoms with E-state index in [9.17, 15) is 14.0 Å². The summed E-state index contributed by atoms with van der Waals surface area (Å²) in [5.41, 5.74) is 2.12. The Bertz CT molecular complexity index is 1010. The van der Waals surface area contributed by atoms with E-state index in [1.54, 1.807) is 19.3 Å². The fourth-order valence-electron chi connectivity index (χ4n) is 2.68. The van der Waals surface area contributed by atoms with E-state index < -0.39 is 5.91 Å². The highest BCUT2D eigenvalue weighted by Gasteiger charge is 2.21. The molecular weight excluding hydrogens is 397 g/mol. The highest BCUT2D eigenvalue weighted by atomic mass is 35.5. The van der Waals surface area contributed by atoms with Gasteiger partial charge in [0, 0.05) is 31.9 Å². The van der Waals surface area contributed by atoms with Crippen molar-refractivity contribution in [2.45, 2.75) is 19.9 Å². The molecule has 9 heteroatoms. The number of pyridine rings is 1. The zero-order valence-corrected chi connectivity index (χ0v) is 16.4. The molecule has 0 saturated carbocycles. The first kappa shape index (κ1) is 20.5. The van der Waals surface area contributed by atoms with Crippen LogP contribution >= 0.6 is 11.6 Å². The van der Waals surface area contributed by atoms with Gasteiger partial charge in [0.1, 0.15) is 11.0 Å². The highest BCUT2D eigenvalue weighted by molar-refractivity contribution is 6.33. The summed E-state index contributed by atoms with van der Waals surface area (Å²) in [4.78, 5) is 28.3. The molecule has 2 amide bonds. The van der Waals surface area contributed by atoms with Crippen molar-refractivity contribution in [1.29, 1.82) is 0 Å². The number of carbonyl (C=O) groups is 2. The monoisotopic (exact) mass is 415 g/mol. The van der Waals surface area contributed by atoms with Gasteiger partial charge in [-0.15, -0.1) is 0 Å². The van der Waals surface area contributed by atoms with Gasteiger partial charge in [-0.25, -0.2) is 9.07 Å². The maximum Gasteiger partial charge on any atom is 0.256 e. The van der Waals surface area contributed by atoms with Crippen molar-refractivity contribution in [2.75, 3.05) is 6.54 Å². The summed E-state index contributed by atoms with van der Waals surface area (Å²) in [5.74, 6) is -0.997. The third-order valence-electron chi connectivity index (χ3n) is 4.18. The second kappa shape index (κ2) is 9.29. The molecule has 0 atom stereocenters. The molecule has 0 bridgehead atoms. The molecular formula is C20H19ClFN5O2. The van der Waals surface area contributed by atoms with Crippen LogP contribution in [0.15, 0.2) is 48.8 Å². The maximum atomic E-state index is 13.1. The minimum atomic E-state index is -0.428. The summed E-state index contributed by atoms with van der Waals surface area (Å²) in [6.45, 7) is 2.20. The van der Waals surface area contributed by atoms with Crippen LogP contribution in [-0.4, -0.2) is 33.1 Å². The van der Waals surface area contributed by atoms with Gasteiger partial charge in [-0.3, -0.25) is 14.6 Å². The van der Waals surface area contributed by atoms with Gasteiger partial charge in [-0.1, -0.05) is 11.6 Å². The molecule has 0 aliphatic carbocycles. The summed E-state index contributed by atoms with van der Waals surface area (Å²) in [6.07, 6.45) is 3.43. The van der Waals surface area contributed by atoms with Gasteiger partial charge >= 0.3 is 0 Å². The standard InChI is InChI=1S/C20H19ClFN5O2/c1-13-18(19(21)27(26-13)16-4-2-15(22)3-5-16)20(29)24-11-8-17(28)25-12-14-6-9-23-10-7-14/h2-7,9-10H,8,11-12H2,1H3,(H,24,29)(H,25,28). The first-order valence-corrected chi connectivity index (χ1v) is 9.28. The molecule has 2 N–H and O–H groups in total. The maximum absolute atomic E-state index is 13.1. The Labute approximate surface area is 171 Å². The minimum Gasteiger partial charge on any atom is -0.352 e. The fourth-order valence-corrected chi connectivity index (χ4v) is 3.04. The number of nitrogens with one attached hydrogen (secondary N) is 2. The molecule has 0 spiro atoms. The Morgan fingerprint density at radius 1 is 1.10 bits per heavy atom. The lowest BCUT2D eigenvalue weighted by Crippen LogP contribution is -2.30. The highest BCUT2D eigenvalue weighted by Crippen LogP contribution is 2.23. The molecule has 3 rings (SSSR count). The number of halogens is 2. The molecule has 150 valence electrons. The van der Waals surface area contributed by atoms with Gasteiger partial charge in [0.25, 0.3) is 5.91 Å². The zero-order chi connectivity index (χ0) is 20.8. The van der Waals surface area contributed by atoms with E-state index in [0.717, 1.165) is 5.56 Å². The first-order valence-electron chi connectivity index (χ1n) is 8.90. The Morgan fingerprint density at radius 2 is 1.79 bits per heavy atom. The average Bonchev–Trinajstić information content (AvgIpc) is 3.02. The smallest absolute Gasteiger partial charge is 0.256 e. The third-order valence-corrected chi connectivity index (χ3v) is 4.53. The summed E-state index contributed by atoms with van der Waals surface area (Å²) < 4.78 is 14.5. The van der Waals surface area contributed by atoms with Gasteiger partial charge in [0.05, 0.1) is 16.9 Å². The number of nitrogens with zero attached hydrogens (tertiary/aromatic N) is 3. The molecule has 0 fully saturated rings. The van der Waals surface area contributed by atoms with Crippen LogP contribution in [0.3, 0.4) is 0 Å². The van der Waals surface area contributed by atoms with E-state index in [-0.39, 0.29) is 35.4 Å². The predicted molar refractivity (Wildman–Crippen MR) is 106 cm³/mol. The minimum absolute atomic E-state index is 0.119. The van der Waals surface area contributed by atoms with Gasteiger partial charge in [-0.05, 0) is 48.9 Å². The number of amides is 2. The first-order chi connectivity index (χ1) is 14.0. The number of benzene rings is 1. The number of hydrogen-bond donors (Lipinski definition) is 2. The number of rotatable bonds is 7. The summed E-state index contributed by atoms with van der Waals surface area (Å²) in [5, 5.41) is 9.82. The van der Waals surface area contributed by atoms with Crippen molar-refractivity contribution >= 4 is 23.4 Å². The molecule has 7 nitrogen and oxygen atoms in total. The molecule has 2 heterocycles. The number of aromatic nitrogens is 3. The van der Waals surface area contributed by atoms with E-state index in [0.29, 0.717) is 17.9 Å². The van der Waals surface area contributed by atoms with E-state index in [4.69, 9.17) is 11.6 Å². The third kappa shape index (κ3) is 5.17. The Balaban J connectivity index is 1.55. The quantitative estimate of drug-likeness (QED) is 0.621. The van der Waals surface area contributed by atoms with E-state index in [1.807, 2.05) is 12.1 Å². The van der Waals surface area contributed by atoms with Crippen molar-refractivity contribution in [3.8, 4) is 5.69 Å². The number of carbonyl (C=O) groups excluding carboxylic acids is 2. The predicted octanol–water partition coefficient (Wildman–Crippen LogP) is 2.80. The van der Waals surface area contributed by atoms with Crippen LogP contribution in [0.2, 0.25) is 5.15 Å². The lowest BCUT2D eigenvalue weighted by atomic mass is 10.2.